The van der Waals surface area contributed by atoms with Crippen molar-refractivity contribution in [3.63, 3.8) is 0 Å². The molecule has 1 aliphatic rings. The lowest BCUT2D eigenvalue weighted by atomic mass is 9.97. The fourth-order valence-electron chi connectivity index (χ4n) is 3.61. The highest BCUT2D eigenvalue weighted by Crippen LogP contribution is 2.29. The molecule has 0 radical (unpaired) electrons. The first kappa shape index (κ1) is 16.5. The first-order valence-electron chi connectivity index (χ1n) is 8.90. The molecule has 0 unspecified atom stereocenters. The molecule has 0 saturated carbocycles. The number of aryl methyl sites for hydroxylation is 1. The van der Waals surface area contributed by atoms with E-state index in [9.17, 15) is 0 Å². The lowest BCUT2D eigenvalue weighted by Crippen LogP contribution is -2.34. The maximum atomic E-state index is 4.91. The Hall–Kier alpha value is -1.92. The van der Waals surface area contributed by atoms with E-state index in [0.717, 1.165) is 41.6 Å². The van der Waals surface area contributed by atoms with Gasteiger partial charge in [-0.3, -0.25) is 4.90 Å². The van der Waals surface area contributed by atoms with E-state index in [2.05, 4.69) is 44.9 Å². The van der Waals surface area contributed by atoms with Crippen LogP contribution in [0.1, 0.15) is 35.0 Å². The highest BCUT2D eigenvalue weighted by molar-refractivity contribution is 7.15. The number of para-hydroxylation sites is 1. The topological polar surface area (TPSA) is 48.1 Å². The van der Waals surface area contributed by atoms with Gasteiger partial charge in [0.2, 0.25) is 0 Å². The summed E-state index contributed by atoms with van der Waals surface area (Å²) >= 11 is 1.79. The monoisotopic (exact) mass is 355 g/mol. The summed E-state index contributed by atoms with van der Waals surface area (Å²) in [5.74, 6) is 1.63. The van der Waals surface area contributed by atoms with E-state index < -0.39 is 0 Å². The number of thiazole rings is 1. The van der Waals surface area contributed by atoms with Gasteiger partial charge in [-0.1, -0.05) is 12.1 Å². The van der Waals surface area contributed by atoms with E-state index >= 15 is 0 Å². The van der Waals surface area contributed by atoms with Crippen LogP contribution in [-0.4, -0.2) is 47.0 Å². The number of nitrogens with zero attached hydrogens (tertiary/aromatic N) is 4. The number of nitrogens with one attached hydrogen (secondary N) is 1. The van der Waals surface area contributed by atoms with E-state index in [1.54, 1.807) is 11.3 Å². The lowest BCUT2D eigenvalue weighted by Gasteiger charge is -2.31. The smallest absolute Gasteiger partial charge is 0.185 e. The Morgan fingerprint density at radius 3 is 3.00 bits per heavy atom. The van der Waals surface area contributed by atoms with Crippen molar-refractivity contribution in [2.24, 2.45) is 0 Å². The zero-order valence-corrected chi connectivity index (χ0v) is 15.9. The number of anilines is 1. The van der Waals surface area contributed by atoms with Crippen molar-refractivity contribution >= 4 is 27.5 Å². The van der Waals surface area contributed by atoms with Gasteiger partial charge in [0.1, 0.15) is 5.82 Å². The van der Waals surface area contributed by atoms with Crippen molar-refractivity contribution in [3.8, 4) is 0 Å². The molecule has 5 nitrogen and oxygen atoms in total. The van der Waals surface area contributed by atoms with Gasteiger partial charge < -0.3 is 9.88 Å². The molecule has 1 atom stereocenters. The second kappa shape index (κ2) is 6.77. The van der Waals surface area contributed by atoms with Gasteiger partial charge in [0, 0.05) is 44.2 Å². The molecule has 1 fully saturated rings. The van der Waals surface area contributed by atoms with Crippen LogP contribution in [0.15, 0.2) is 24.4 Å². The summed E-state index contributed by atoms with van der Waals surface area (Å²) in [6, 6.07) is 6.35. The molecule has 0 amide bonds. The molecule has 1 saturated heterocycles. The van der Waals surface area contributed by atoms with Gasteiger partial charge in [-0.25, -0.2) is 9.97 Å². The third-order valence-corrected chi connectivity index (χ3v) is 6.08. The quantitative estimate of drug-likeness (QED) is 0.774. The van der Waals surface area contributed by atoms with Crippen LogP contribution in [0.3, 0.4) is 0 Å². The summed E-state index contributed by atoms with van der Waals surface area (Å²) in [7, 11) is 4.09. The minimum Gasteiger partial charge on any atom is -0.354 e. The second-order valence-corrected chi connectivity index (χ2v) is 8.26. The molecule has 0 aliphatic carbocycles. The fourth-order valence-corrected chi connectivity index (χ4v) is 4.48. The van der Waals surface area contributed by atoms with Gasteiger partial charge in [-0.05, 0) is 37.9 Å². The first-order valence-corrected chi connectivity index (χ1v) is 9.71. The molecule has 1 aromatic carbocycles. The number of benzene rings is 1. The molecule has 6 heteroatoms. The minimum absolute atomic E-state index is 0.488. The highest BCUT2D eigenvalue weighted by Gasteiger charge is 2.24. The van der Waals surface area contributed by atoms with Gasteiger partial charge in [0.15, 0.2) is 5.13 Å². The predicted octanol–water partition coefficient (Wildman–Crippen LogP) is 3.77. The largest absolute Gasteiger partial charge is 0.354 e. The first-order chi connectivity index (χ1) is 12.1. The van der Waals surface area contributed by atoms with Gasteiger partial charge in [-0.2, -0.15) is 0 Å². The average Bonchev–Trinajstić information content (AvgIpc) is 3.23. The molecule has 2 aromatic heterocycles. The SMILES string of the molecule is Cc1cccc2[nH]c([C@H]3CCCN(Cc4cnc(N(C)C)s4)C3)nc12. The minimum atomic E-state index is 0.488. The van der Waals surface area contributed by atoms with Gasteiger partial charge >= 0.3 is 0 Å². The standard InChI is InChI=1S/C19H25N5S/c1-13-6-4-8-16-17(13)22-18(21-16)14-7-5-9-24(11-14)12-15-10-20-19(25-15)23(2)3/h4,6,8,10,14H,5,7,9,11-12H2,1-3H3,(H,21,22)/t14-/m0/s1. The summed E-state index contributed by atoms with van der Waals surface area (Å²) < 4.78 is 0. The average molecular weight is 356 g/mol. The number of imidazole rings is 1. The summed E-state index contributed by atoms with van der Waals surface area (Å²) in [5, 5.41) is 1.08. The van der Waals surface area contributed by atoms with Gasteiger partial charge in [0.05, 0.1) is 11.0 Å². The van der Waals surface area contributed by atoms with E-state index in [4.69, 9.17) is 4.98 Å². The number of aromatic amines is 1. The highest BCUT2D eigenvalue weighted by atomic mass is 32.1. The maximum Gasteiger partial charge on any atom is 0.185 e. The number of aromatic nitrogens is 3. The fraction of sp³-hybridized carbons (Fsp3) is 0.474. The van der Waals surface area contributed by atoms with E-state index in [1.807, 2.05) is 20.3 Å². The Kier molecular flexibility index (Phi) is 4.48. The maximum absolute atomic E-state index is 4.91. The van der Waals surface area contributed by atoms with Crippen LogP contribution in [-0.2, 0) is 6.54 Å². The van der Waals surface area contributed by atoms with Crippen LogP contribution in [0.25, 0.3) is 11.0 Å². The van der Waals surface area contributed by atoms with E-state index in [-0.39, 0.29) is 0 Å². The van der Waals surface area contributed by atoms with Gasteiger partial charge in [-0.15, -0.1) is 11.3 Å². The molecule has 4 rings (SSSR count). The molecular weight excluding hydrogens is 330 g/mol. The molecule has 0 bridgehead atoms. The molecule has 1 aliphatic heterocycles. The zero-order chi connectivity index (χ0) is 17.4. The van der Waals surface area contributed by atoms with Crippen molar-refractivity contribution in [1.82, 2.24) is 19.9 Å². The Morgan fingerprint density at radius 1 is 1.36 bits per heavy atom. The molecule has 0 spiro atoms. The Balaban J connectivity index is 1.48. The van der Waals surface area contributed by atoms with Crippen molar-refractivity contribution < 1.29 is 0 Å². The Bertz CT molecular complexity index is 866. The summed E-state index contributed by atoms with van der Waals surface area (Å²) in [4.78, 5) is 18.9. The van der Waals surface area contributed by atoms with Crippen LogP contribution in [0.2, 0.25) is 0 Å². The van der Waals surface area contributed by atoms with E-state index in [1.165, 1.54) is 23.3 Å². The van der Waals surface area contributed by atoms with Crippen LogP contribution in [0.5, 0.6) is 0 Å². The number of rotatable bonds is 4. The number of fused-ring (bicyclic) bond motifs is 1. The van der Waals surface area contributed by atoms with Crippen molar-refractivity contribution in [1.29, 1.82) is 0 Å². The van der Waals surface area contributed by atoms with Crippen LogP contribution in [0.4, 0.5) is 5.13 Å². The Labute approximate surface area is 152 Å². The van der Waals surface area contributed by atoms with Crippen molar-refractivity contribution in [2.45, 2.75) is 32.2 Å². The molecular formula is C19H25N5S. The number of hydrogen-bond acceptors (Lipinski definition) is 5. The number of piperidine rings is 1. The van der Waals surface area contributed by atoms with Gasteiger partial charge in [0.25, 0.3) is 0 Å². The van der Waals surface area contributed by atoms with Crippen LogP contribution >= 0.6 is 11.3 Å². The van der Waals surface area contributed by atoms with Crippen LogP contribution in [0, 0.1) is 6.92 Å². The molecule has 132 valence electrons. The number of H-pyrrole nitrogens is 1. The summed E-state index contributed by atoms with van der Waals surface area (Å²) in [5.41, 5.74) is 3.52. The zero-order valence-electron chi connectivity index (χ0n) is 15.1. The summed E-state index contributed by atoms with van der Waals surface area (Å²) in [6.45, 7) is 5.34. The molecule has 3 heterocycles. The third kappa shape index (κ3) is 3.41. The number of likely N-dealkylation sites (tertiary alicyclic amines) is 1. The lowest BCUT2D eigenvalue weighted by molar-refractivity contribution is 0.198. The van der Waals surface area contributed by atoms with Crippen LogP contribution < -0.4 is 4.90 Å². The molecule has 3 aromatic rings. The van der Waals surface area contributed by atoms with Crippen molar-refractivity contribution in [3.05, 3.63) is 40.7 Å². The van der Waals surface area contributed by atoms with E-state index in [0.29, 0.717) is 5.92 Å². The Morgan fingerprint density at radius 2 is 2.24 bits per heavy atom. The second-order valence-electron chi connectivity index (χ2n) is 7.17. The molecule has 25 heavy (non-hydrogen) atoms. The number of hydrogen-bond donors (Lipinski definition) is 1. The normalized spacial score (nSPS) is 18.8. The predicted molar refractivity (Wildman–Crippen MR) is 105 cm³/mol. The third-order valence-electron chi connectivity index (χ3n) is 4.93. The molecule has 1 N–H and O–H groups in total. The van der Waals surface area contributed by atoms with Crippen molar-refractivity contribution in [2.75, 3.05) is 32.1 Å². The summed E-state index contributed by atoms with van der Waals surface area (Å²) in [6.07, 6.45) is 4.45.